The summed E-state index contributed by atoms with van der Waals surface area (Å²) in [6.45, 7) is 13.0. The van der Waals surface area contributed by atoms with Crippen molar-refractivity contribution in [3.63, 3.8) is 0 Å². The first-order chi connectivity index (χ1) is 19.6. The molecule has 8 nitrogen and oxygen atoms in total. The van der Waals surface area contributed by atoms with Crippen molar-refractivity contribution in [1.29, 1.82) is 0 Å². The van der Waals surface area contributed by atoms with Crippen LogP contribution in [0.4, 0.5) is 21.6 Å². The maximum Gasteiger partial charge on any atom is 0.219 e. The molecule has 3 aromatic rings. The van der Waals surface area contributed by atoms with Gasteiger partial charge in [0.05, 0.1) is 22.0 Å². The van der Waals surface area contributed by atoms with Gasteiger partial charge in [-0.15, -0.1) is 6.58 Å². The minimum Gasteiger partial charge on any atom is -0.399 e. The highest BCUT2D eigenvalue weighted by Gasteiger charge is 2.29. The summed E-state index contributed by atoms with van der Waals surface area (Å²) in [4.78, 5) is 30.4. The number of hydrogen-bond acceptors (Lipinski definition) is 6. The number of nitrogens with zero attached hydrogens (tertiary/aromatic N) is 5. The quantitative estimate of drug-likeness (QED) is 0.0883. The number of amides is 1. The Kier molecular flexibility index (Phi) is 11.0. The molecule has 218 valence electrons. The van der Waals surface area contributed by atoms with Crippen LogP contribution in [0.2, 0.25) is 5.02 Å². The number of amidine groups is 1. The number of carbonyl (C=O) groups excluding carboxylic acids is 1. The molecule has 0 aliphatic rings. The zero-order valence-corrected chi connectivity index (χ0v) is 25.3. The Labute approximate surface area is 247 Å². The van der Waals surface area contributed by atoms with Crippen LogP contribution in [0.1, 0.15) is 49.9 Å². The van der Waals surface area contributed by atoms with Crippen molar-refractivity contribution in [1.82, 2.24) is 20.2 Å². The van der Waals surface area contributed by atoms with E-state index in [4.69, 9.17) is 22.3 Å². The first-order valence-corrected chi connectivity index (χ1v) is 13.9. The maximum absolute atomic E-state index is 16.1. The zero-order valence-electron chi connectivity index (χ0n) is 24.6. The number of aliphatic imine (C=N–C) groups is 1. The minimum absolute atomic E-state index is 0.00172. The molecule has 0 aliphatic carbocycles. The molecule has 10 heteroatoms. The molecule has 2 heterocycles. The van der Waals surface area contributed by atoms with Gasteiger partial charge in [0.1, 0.15) is 17.3 Å². The number of halogens is 2. The Morgan fingerprint density at radius 3 is 2.61 bits per heavy atom. The molecular formula is C31H39ClFN7O. The van der Waals surface area contributed by atoms with Gasteiger partial charge < -0.3 is 16.0 Å². The average molecular weight is 580 g/mol. The Hall–Kier alpha value is -3.82. The largest absolute Gasteiger partial charge is 0.399 e. The fraction of sp³-hybridized carbons (Fsp3) is 0.355. The lowest BCUT2D eigenvalue weighted by atomic mass is 10.0. The molecular weight excluding hydrogens is 541 g/mol. The van der Waals surface area contributed by atoms with Crippen molar-refractivity contribution in [2.75, 3.05) is 37.8 Å². The van der Waals surface area contributed by atoms with Gasteiger partial charge in [0, 0.05) is 43.6 Å². The van der Waals surface area contributed by atoms with E-state index in [-0.39, 0.29) is 28.5 Å². The molecule has 2 aromatic heterocycles. The standard InChI is InChI=1S/C31H39ClFN7O/c1-8-9-14-39(21(5)17-35-6)30(36-7)24-16-26(33)28(23-15-22(34)10-11-25(23)32)38-31(24)40(18-41)29-20(4)12-13-37-27(29)19(2)3/h8,10-13,15-16,18-19,21,35H,1,9,14,17,34H2,2-7H3. The molecule has 1 atom stereocenters. The summed E-state index contributed by atoms with van der Waals surface area (Å²) in [6.07, 6.45) is 4.89. The fourth-order valence-corrected chi connectivity index (χ4v) is 5.04. The lowest BCUT2D eigenvalue weighted by molar-refractivity contribution is -0.106. The molecule has 3 rings (SSSR count). The van der Waals surface area contributed by atoms with E-state index in [1.54, 1.807) is 31.4 Å². The zero-order chi connectivity index (χ0) is 30.3. The Bertz CT molecular complexity index is 1430. The smallest absolute Gasteiger partial charge is 0.219 e. The molecule has 0 aliphatic heterocycles. The van der Waals surface area contributed by atoms with Gasteiger partial charge >= 0.3 is 0 Å². The van der Waals surface area contributed by atoms with Crippen LogP contribution in [0.3, 0.4) is 0 Å². The van der Waals surface area contributed by atoms with Gasteiger partial charge in [-0.1, -0.05) is 31.5 Å². The molecule has 1 aromatic carbocycles. The third kappa shape index (κ3) is 6.92. The van der Waals surface area contributed by atoms with Crippen LogP contribution in [-0.2, 0) is 4.79 Å². The van der Waals surface area contributed by atoms with Crippen molar-refractivity contribution in [3.8, 4) is 11.3 Å². The van der Waals surface area contributed by atoms with Gasteiger partial charge in [0.25, 0.3) is 0 Å². The highest BCUT2D eigenvalue weighted by atomic mass is 35.5. The van der Waals surface area contributed by atoms with Gasteiger partial charge in [-0.25, -0.2) is 9.37 Å². The van der Waals surface area contributed by atoms with E-state index in [9.17, 15) is 4.79 Å². The van der Waals surface area contributed by atoms with E-state index in [1.807, 2.05) is 40.0 Å². The summed E-state index contributed by atoms with van der Waals surface area (Å²) < 4.78 is 16.1. The highest BCUT2D eigenvalue weighted by molar-refractivity contribution is 6.33. The van der Waals surface area contributed by atoms with Crippen LogP contribution in [0.5, 0.6) is 0 Å². The van der Waals surface area contributed by atoms with Crippen molar-refractivity contribution in [3.05, 3.63) is 76.8 Å². The number of nitrogens with two attached hydrogens (primary N) is 1. The molecule has 41 heavy (non-hydrogen) atoms. The second-order valence-electron chi connectivity index (χ2n) is 10.1. The summed E-state index contributed by atoms with van der Waals surface area (Å²) in [6, 6.07) is 7.97. The fourth-order valence-electron chi connectivity index (χ4n) is 4.83. The molecule has 1 unspecified atom stereocenters. The minimum atomic E-state index is -0.625. The molecule has 0 saturated heterocycles. The molecule has 0 bridgehead atoms. The third-order valence-corrected chi connectivity index (χ3v) is 7.14. The lowest BCUT2D eigenvalue weighted by Gasteiger charge is -2.34. The summed E-state index contributed by atoms with van der Waals surface area (Å²) in [5.41, 5.74) is 9.18. The maximum atomic E-state index is 16.1. The second kappa shape index (κ2) is 14.2. The van der Waals surface area contributed by atoms with E-state index in [0.717, 1.165) is 5.56 Å². The average Bonchev–Trinajstić information content (AvgIpc) is 2.94. The molecule has 0 radical (unpaired) electrons. The molecule has 0 spiro atoms. The van der Waals surface area contributed by atoms with Crippen molar-refractivity contribution in [2.45, 2.75) is 46.1 Å². The summed E-state index contributed by atoms with van der Waals surface area (Å²) >= 11 is 6.49. The number of benzene rings is 1. The number of anilines is 3. The van der Waals surface area contributed by atoms with Gasteiger partial charge in [-0.3, -0.25) is 19.7 Å². The highest BCUT2D eigenvalue weighted by Crippen LogP contribution is 2.38. The number of pyridine rings is 2. The van der Waals surface area contributed by atoms with E-state index >= 15 is 4.39 Å². The van der Waals surface area contributed by atoms with Crippen molar-refractivity contribution in [2.24, 2.45) is 4.99 Å². The predicted molar refractivity (Wildman–Crippen MR) is 168 cm³/mol. The molecule has 1 amide bonds. The van der Waals surface area contributed by atoms with Gasteiger partial charge in [-0.05, 0) is 69.1 Å². The number of nitrogen functional groups attached to an aromatic ring is 1. The van der Waals surface area contributed by atoms with E-state index in [2.05, 4.69) is 33.7 Å². The Morgan fingerprint density at radius 2 is 2.00 bits per heavy atom. The predicted octanol–water partition coefficient (Wildman–Crippen LogP) is 6.11. The SMILES string of the molecule is C=CCCN(C(=NC)c1cc(F)c(-c2cc(N)ccc2Cl)nc1N(C=O)c1c(C)ccnc1C(C)C)C(C)CNC. The lowest BCUT2D eigenvalue weighted by Crippen LogP contribution is -2.45. The number of aryl methyl sites for hydroxylation is 1. The van der Waals surface area contributed by atoms with Gasteiger partial charge in [-0.2, -0.15) is 0 Å². The van der Waals surface area contributed by atoms with Crippen LogP contribution >= 0.6 is 11.6 Å². The van der Waals surface area contributed by atoms with Gasteiger partial charge in [0.2, 0.25) is 6.41 Å². The van der Waals surface area contributed by atoms with Crippen molar-refractivity contribution < 1.29 is 9.18 Å². The monoisotopic (exact) mass is 579 g/mol. The van der Waals surface area contributed by atoms with Gasteiger partial charge in [0.15, 0.2) is 5.82 Å². The number of rotatable bonds is 12. The number of likely N-dealkylation sites (N-methyl/N-ethyl adjacent to an activating group) is 1. The van der Waals surface area contributed by atoms with Crippen molar-refractivity contribution >= 4 is 41.0 Å². The van der Waals surface area contributed by atoms with E-state index < -0.39 is 5.82 Å². The van der Waals surface area contributed by atoms with Crippen LogP contribution in [0.25, 0.3) is 11.3 Å². The normalized spacial score (nSPS) is 12.4. The number of hydrogen-bond donors (Lipinski definition) is 2. The molecule has 0 fully saturated rings. The molecule has 0 saturated carbocycles. The Morgan fingerprint density at radius 1 is 1.27 bits per heavy atom. The number of carbonyl (C=O) groups is 1. The first-order valence-electron chi connectivity index (χ1n) is 13.5. The second-order valence-corrected chi connectivity index (χ2v) is 10.6. The summed E-state index contributed by atoms with van der Waals surface area (Å²) in [5.74, 6) is 0.0628. The first kappa shape index (κ1) is 31.7. The van der Waals surface area contributed by atoms with Crippen LogP contribution in [-0.4, -0.2) is 60.3 Å². The summed E-state index contributed by atoms with van der Waals surface area (Å²) in [7, 11) is 3.52. The Balaban J connectivity index is 2.42. The summed E-state index contributed by atoms with van der Waals surface area (Å²) in [5, 5.41) is 3.48. The third-order valence-electron chi connectivity index (χ3n) is 6.81. The van der Waals surface area contributed by atoms with E-state index in [0.29, 0.717) is 60.0 Å². The van der Waals surface area contributed by atoms with Crippen LogP contribution in [0.15, 0.2) is 54.2 Å². The van der Waals surface area contributed by atoms with E-state index in [1.165, 1.54) is 11.0 Å². The molecule has 3 N–H and O–H groups in total. The number of aromatic nitrogens is 2. The van der Waals surface area contributed by atoms with Crippen LogP contribution < -0.4 is 16.0 Å². The van der Waals surface area contributed by atoms with Crippen LogP contribution in [0, 0.1) is 12.7 Å². The topological polar surface area (TPSA) is 99.7 Å². The number of nitrogens with one attached hydrogen (secondary N) is 1.